The van der Waals surface area contributed by atoms with Gasteiger partial charge in [-0.3, -0.25) is 9.78 Å². The van der Waals surface area contributed by atoms with Crippen LogP contribution in [0.1, 0.15) is 40.2 Å². The number of ether oxygens (including phenoxy) is 1. The van der Waals surface area contributed by atoms with E-state index in [0.717, 1.165) is 17.3 Å². The largest absolute Gasteiger partial charge is 0.480 e. The van der Waals surface area contributed by atoms with Gasteiger partial charge in [-0.1, -0.05) is 19.9 Å². The van der Waals surface area contributed by atoms with Gasteiger partial charge in [-0.15, -0.1) is 11.8 Å². The van der Waals surface area contributed by atoms with Crippen LogP contribution in [0.2, 0.25) is 0 Å². The maximum absolute atomic E-state index is 12.5. The van der Waals surface area contributed by atoms with E-state index in [4.69, 9.17) is 4.74 Å². The van der Waals surface area contributed by atoms with Gasteiger partial charge in [0.25, 0.3) is 0 Å². The van der Waals surface area contributed by atoms with Gasteiger partial charge < -0.3 is 9.84 Å². The summed E-state index contributed by atoms with van der Waals surface area (Å²) in [6, 6.07) is 3.63. The van der Waals surface area contributed by atoms with Crippen LogP contribution in [-0.4, -0.2) is 32.4 Å². The molecule has 0 saturated heterocycles. The van der Waals surface area contributed by atoms with E-state index in [0.29, 0.717) is 5.75 Å². The number of aromatic nitrogens is 1. The Morgan fingerprint density at radius 2 is 2.00 bits per heavy atom. The van der Waals surface area contributed by atoms with Crippen molar-refractivity contribution in [3.63, 3.8) is 0 Å². The standard InChI is InChI=1S/C16H23NO4S/c1-11(2)16(13(18)19,14(20)21-15(3,4)5)22-10-12-7-6-8-17-9-12/h6-9,11H,10H2,1-5H3,(H,18,19)/t16-/m1/s1. The molecule has 1 heterocycles. The molecule has 1 aromatic heterocycles. The zero-order valence-corrected chi connectivity index (χ0v) is 14.4. The first-order valence-corrected chi connectivity index (χ1v) is 8.08. The number of carbonyl (C=O) groups excluding carboxylic acids is 1. The third-order valence-electron chi connectivity index (χ3n) is 3.02. The highest BCUT2D eigenvalue weighted by atomic mass is 32.2. The van der Waals surface area contributed by atoms with Crippen molar-refractivity contribution in [2.24, 2.45) is 5.92 Å². The molecule has 0 aliphatic rings. The summed E-state index contributed by atoms with van der Waals surface area (Å²) in [5.74, 6) is -1.93. The molecule has 22 heavy (non-hydrogen) atoms. The fourth-order valence-corrected chi connectivity index (χ4v) is 3.07. The second-order valence-corrected chi connectivity index (χ2v) is 7.57. The molecule has 0 radical (unpaired) electrons. The number of carboxylic acid groups (broad SMARTS) is 1. The number of aliphatic carboxylic acids is 1. The zero-order chi connectivity index (χ0) is 17.0. The van der Waals surface area contributed by atoms with E-state index >= 15 is 0 Å². The van der Waals surface area contributed by atoms with Crippen LogP contribution in [0.25, 0.3) is 0 Å². The van der Waals surface area contributed by atoms with Crippen molar-refractivity contribution in [1.82, 2.24) is 4.98 Å². The number of nitrogens with zero attached hydrogens (tertiary/aromatic N) is 1. The summed E-state index contributed by atoms with van der Waals surface area (Å²) in [5, 5.41) is 9.70. The molecular formula is C16H23NO4S. The lowest BCUT2D eigenvalue weighted by molar-refractivity contribution is -0.165. The predicted octanol–water partition coefficient (Wildman–Crippen LogP) is 3.14. The average Bonchev–Trinajstić information content (AvgIpc) is 2.37. The van der Waals surface area contributed by atoms with E-state index in [2.05, 4.69) is 4.98 Å². The number of pyridine rings is 1. The van der Waals surface area contributed by atoms with Gasteiger partial charge in [0.1, 0.15) is 5.60 Å². The minimum absolute atomic E-state index is 0.373. The minimum Gasteiger partial charge on any atom is -0.480 e. The zero-order valence-electron chi connectivity index (χ0n) is 13.6. The van der Waals surface area contributed by atoms with E-state index in [1.165, 1.54) is 0 Å². The Labute approximate surface area is 135 Å². The van der Waals surface area contributed by atoms with Crippen molar-refractivity contribution in [1.29, 1.82) is 0 Å². The summed E-state index contributed by atoms with van der Waals surface area (Å²) in [5.41, 5.74) is 0.129. The van der Waals surface area contributed by atoms with Crippen LogP contribution < -0.4 is 0 Å². The normalized spacial score (nSPS) is 14.5. The smallest absolute Gasteiger partial charge is 0.334 e. The molecule has 6 heteroatoms. The van der Waals surface area contributed by atoms with E-state index in [9.17, 15) is 14.7 Å². The Morgan fingerprint density at radius 1 is 1.36 bits per heavy atom. The summed E-state index contributed by atoms with van der Waals surface area (Å²) < 4.78 is 3.72. The molecule has 1 atom stereocenters. The van der Waals surface area contributed by atoms with Crippen molar-refractivity contribution in [3.8, 4) is 0 Å². The SMILES string of the molecule is CC(C)[C@@](SCc1cccnc1)(C(=O)O)C(=O)OC(C)(C)C. The van der Waals surface area contributed by atoms with Crippen LogP contribution >= 0.6 is 11.8 Å². The second-order valence-electron chi connectivity index (χ2n) is 6.35. The summed E-state index contributed by atoms with van der Waals surface area (Å²) in [4.78, 5) is 28.4. The predicted molar refractivity (Wildman–Crippen MR) is 86.6 cm³/mol. The molecular weight excluding hydrogens is 302 g/mol. The minimum atomic E-state index is -1.64. The highest BCUT2D eigenvalue weighted by Gasteiger charge is 2.52. The molecule has 0 aromatic carbocycles. The van der Waals surface area contributed by atoms with Crippen LogP contribution in [0, 0.1) is 5.92 Å². The number of carboxylic acids is 1. The lowest BCUT2D eigenvalue weighted by Crippen LogP contribution is -2.51. The van der Waals surface area contributed by atoms with Crippen LogP contribution in [-0.2, 0) is 20.1 Å². The number of rotatable bonds is 6. The maximum Gasteiger partial charge on any atom is 0.334 e. The first-order valence-electron chi connectivity index (χ1n) is 7.09. The Hall–Kier alpha value is -1.56. The summed E-state index contributed by atoms with van der Waals surface area (Å²) in [7, 11) is 0. The molecule has 0 spiro atoms. The highest BCUT2D eigenvalue weighted by Crippen LogP contribution is 2.38. The van der Waals surface area contributed by atoms with Gasteiger partial charge in [-0.05, 0) is 38.3 Å². The number of thioether (sulfide) groups is 1. The third-order valence-corrected chi connectivity index (χ3v) is 4.77. The molecule has 0 aliphatic carbocycles. The van der Waals surface area contributed by atoms with Crippen LogP contribution in [0.4, 0.5) is 0 Å². The maximum atomic E-state index is 12.5. The summed E-state index contributed by atoms with van der Waals surface area (Å²) in [6.45, 7) is 8.61. The molecule has 0 fully saturated rings. The van der Waals surface area contributed by atoms with E-state index in [1.54, 1.807) is 53.1 Å². The Balaban J connectivity index is 3.06. The first kappa shape index (κ1) is 18.5. The summed E-state index contributed by atoms with van der Waals surface area (Å²) >= 11 is 1.07. The molecule has 5 nitrogen and oxygen atoms in total. The lowest BCUT2D eigenvalue weighted by Gasteiger charge is -2.33. The highest BCUT2D eigenvalue weighted by molar-refractivity contribution is 8.01. The molecule has 0 amide bonds. The van der Waals surface area contributed by atoms with Crippen LogP contribution in [0.5, 0.6) is 0 Å². The molecule has 0 unspecified atom stereocenters. The molecule has 0 bridgehead atoms. The van der Waals surface area contributed by atoms with Gasteiger partial charge in [-0.25, -0.2) is 4.79 Å². The van der Waals surface area contributed by atoms with Crippen LogP contribution in [0.15, 0.2) is 24.5 Å². The lowest BCUT2D eigenvalue weighted by atomic mass is 9.94. The van der Waals surface area contributed by atoms with Gasteiger partial charge in [0.2, 0.25) is 4.75 Å². The number of hydrogen-bond donors (Lipinski definition) is 1. The monoisotopic (exact) mass is 325 g/mol. The van der Waals surface area contributed by atoms with E-state index in [-0.39, 0.29) is 0 Å². The topological polar surface area (TPSA) is 76.5 Å². The van der Waals surface area contributed by atoms with Crippen molar-refractivity contribution in [2.75, 3.05) is 0 Å². The molecule has 1 N–H and O–H groups in total. The Kier molecular flexibility index (Phi) is 6.00. The molecule has 122 valence electrons. The van der Waals surface area contributed by atoms with Gasteiger partial charge in [-0.2, -0.15) is 0 Å². The average molecular weight is 325 g/mol. The van der Waals surface area contributed by atoms with Gasteiger partial charge in [0.05, 0.1) is 0 Å². The number of carbonyl (C=O) groups is 2. The fraction of sp³-hybridized carbons (Fsp3) is 0.562. The molecule has 1 aromatic rings. The van der Waals surface area contributed by atoms with Gasteiger partial charge in [0.15, 0.2) is 0 Å². The van der Waals surface area contributed by atoms with Crippen LogP contribution in [0.3, 0.4) is 0 Å². The fourth-order valence-electron chi connectivity index (χ4n) is 1.89. The van der Waals surface area contributed by atoms with E-state index in [1.807, 2.05) is 6.07 Å². The third kappa shape index (κ3) is 4.47. The number of esters is 1. The quantitative estimate of drug-likeness (QED) is 0.639. The Bertz CT molecular complexity index is 525. The second kappa shape index (κ2) is 7.13. The van der Waals surface area contributed by atoms with E-state index < -0.39 is 28.2 Å². The van der Waals surface area contributed by atoms with Crippen molar-refractivity contribution in [2.45, 2.75) is 50.7 Å². The summed E-state index contributed by atoms with van der Waals surface area (Å²) in [6.07, 6.45) is 3.31. The molecule has 1 rings (SSSR count). The number of hydrogen-bond acceptors (Lipinski definition) is 5. The van der Waals surface area contributed by atoms with Crippen molar-refractivity contribution < 1.29 is 19.4 Å². The van der Waals surface area contributed by atoms with Crippen molar-refractivity contribution in [3.05, 3.63) is 30.1 Å². The molecule has 0 saturated carbocycles. The van der Waals surface area contributed by atoms with Gasteiger partial charge >= 0.3 is 11.9 Å². The van der Waals surface area contributed by atoms with Crippen molar-refractivity contribution >= 4 is 23.7 Å². The molecule has 0 aliphatic heterocycles. The van der Waals surface area contributed by atoms with Gasteiger partial charge in [0, 0.05) is 18.1 Å². The first-order chi connectivity index (χ1) is 10.1. The Morgan fingerprint density at radius 3 is 2.41 bits per heavy atom.